The number of amides is 1. The van der Waals surface area contributed by atoms with Crippen LogP contribution in [0.1, 0.15) is 29.9 Å². The molecule has 0 radical (unpaired) electrons. The molecule has 4 rings (SSSR count). The van der Waals surface area contributed by atoms with Crippen molar-refractivity contribution in [3.05, 3.63) is 47.7 Å². The lowest BCUT2D eigenvalue weighted by Crippen LogP contribution is -2.53. The third-order valence-corrected chi connectivity index (χ3v) is 5.06. The smallest absolute Gasteiger partial charge is 0.275 e. The second kappa shape index (κ2) is 7.60. The van der Waals surface area contributed by atoms with Gasteiger partial charge in [-0.15, -0.1) is 0 Å². The molecule has 0 unspecified atom stereocenters. The van der Waals surface area contributed by atoms with Gasteiger partial charge in [-0.2, -0.15) is 0 Å². The number of rotatable bonds is 5. The Kier molecular flexibility index (Phi) is 5.10. The van der Waals surface area contributed by atoms with Crippen LogP contribution in [0.25, 0.3) is 0 Å². The van der Waals surface area contributed by atoms with Gasteiger partial charge in [0.15, 0.2) is 17.1 Å². The minimum absolute atomic E-state index is 0.0132. The van der Waals surface area contributed by atoms with Gasteiger partial charge in [0.25, 0.3) is 5.91 Å². The maximum Gasteiger partial charge on any atom is 0.275 e. The van der Waals surface area contributed by atoms with Crippen LogP contribution in [0.3, 0.4) is 0 Å². The Balaban J connectivity index is 1.64. The number of hydrogen-bond donors (Lipinski definition) is 1. The summed E-state index contributed by atoms with van der Waals surface area (Å²) in [6.45, 7) is 3.12. The van der Waals surface area contributed by atoms with Gasteiger partial charge >= 0.3 is 0 Å². The van der Waals surface area contributed by atoms with Crippen molar-refractivity contribution in [2.24, 2.45) is 4.99 Å². The van der Waals surface area contributed by atoms with Crippen molar-refractivity contribution in [2.75, 3.05) is 31.7 Å². The van der Waals surface area contributed by atoms with Crippen molar-refractivity contribution in [1.82, 2.24) is 9.97 Å². The molecule has 2 atom stereocenters. The highest BCUT2D eigenvalue weighted by Gasteiger charge is 2.62. The summed E-state index contributed by atoms with van der Waals surface area (Å²) in [6, 6.07) is 3.89. The number of nitrogens with zero attached hydrogens (tertiary/aromatic N) is 3. The summed E-state index contributed by atoms with van der Waals surface area (Å²) in [7, 11) is 0. The summed E-state index contributed by atoms with van der Waals surface area (Å²) >= 11 is 0. The Hall–Kier alpha value is -3.14. The molecule has 1 N–H and O–H groups in total. The molecule has 1 aromatic heterocycles. The quantitative estimate of drug-likeness (QED) is 0.802. The van der Waals surface area contributed by atoms with E-state index >= 15 is 4.39 Å². The summed E-state index contributed by atoms with van der Waals surface area (Å²) in [5.41, 5.74) is -3.31. The molecule has 10 heteroatoms. The van der Waals surface area contributed by atoms with Crippen LogP contribution in [-0.2, 0) is 15.0 Å². The van der Waals surface area contributed by atoms with Crippen molar-refractivity contribution < 1.29 is 27.8 Å². The van der Waals surface area contributed by atoms with Crippen LogP contribution < -0.4 is 10.1 Å². The number of hydrogen-bond acceptors (Lipinski definition) is 7. The number of nitrogens with one attached hydrogen (secondary N) is 1. The third kappa shape index (κ3) is 3.36. The first-order valence-electron chi connectivity index (χ1n) is 9.39. The molecule has 2 aliphatic heterocycles. The van der Waals surface area contributed by atoms with E-state index < -0.39 is 22.9 Å². The van der Waals surface area contributed by atoms with Crippen LogP contribution >= 0.6 is 0 Å². The highest BCUT2D eigenvalue weighted by atomic mass is 19.1. The lowest BCUT2D eigenvalue weighted by Gasteiger charge is -2.39. The van der Waals surface area contributed by atoms with E-state index in [1.807, 2.05) is 0 Å². The first-order chi connectivity index (χ1) is 14.4. The van der Waals surface area contributed by atoms with Gasteiger partial charge < -0.3 is 19.5 Å². The lowest BCUT2D eigenvalue weighted by atomic mass is 9.78. The molecule has 30 heavy (non-hydrogen) atoms. The molecule has 0 bridgehead atoms. The summed E-state index contributed by atoms with van der Waals surface area (Å²) in [5, 5.41) is 2.62. The number of carbonyl (C=O) groups is 1. The van der Waals surface area contributed by atoms with E-state index in [0.29, 0.717) is 12.5 Å². The van der Waals surface area contributed by atoms with Crippen LogP contribution in [0.4, 0.5) is 14.5 Å². The van der Waals surface area contributed by atoms with E-state index in [4.69, 9.17) is 14.2 Å². The first kappa shape index (κ1) is 20.1. The topological polar surface area (TPSA) is 94.9 Å². The van der Waals surface area contributed by atoms with Gasteiger partial charge in [0.2, 0.25) is 5.88 Å². The van der Waals surface area contributed by atoms with Crippen LogP contribution in [0.5, 0.6) is 5.88 Å². The fourth-order valence-corrected chi connectivity index (χ4v) is 3.57. The van der Waals surface area contributed by atoms with Gasteiger partial charge in [-0.25, -0.2) is 23.7 Å². The molecule has 2 aliphatic rings. The first-order valence-corrected chi connectivity index (χ1v) is 9.39. The van der Waals surface area contributed by atoms with Gasteiger partial charge in [-0.05, 0) is 25.1 Å². The van der Waals surface area contributed by atoms with Crippen LogP contribution in [0.15, 0.2) is 35.6 Å². The molecule has 1 amide bonds. The minimum atomic E-state index is -2.02. The van der Waals surface area contributed by atoms with Crippen molar-refractivity contribution >= 4 is 17.5 Å². The Bertz CT molecular complexity index is 1000. The van der Waals surface area contributed by atoms with Crippen LogP contribution in [0, 0.1) is 5.82 Å². The van der Waals surface area contributed by atoms with E-state index in [1.54, 1.807) is 13.8 Å². The number of anilines is 1. The van der Waals surface area contributed by atoms with E-state index in [2.05, 4.69) is 20.3 Å². The number of aliphatic imine (C=N–C) groups is 1. The van der Waals surface area contributed by atoms with E-state index in [0.717, 1.165) is 6.07 Å². The fraction of sp³-hybridized carbons (Fsp3) is 0.400. The van der Waals surface area contributed by atoms with Gasteiger partial charge in [-0.3, -0.25) is 4.79 Å². The highest BCUT2D eigenvalue weighted by Crippen LogP contribution is 2.48. The molecule has 2 aromatic rings. The number of fused-ring (bicyclic) bond motifs is 1. The van der Waals surface area contributed by atoms with Gasteiger partial charge in [0.1, 0.15) is 18.1 Å². The third-order valence-electron chi connectivity index (χ3n) is 5.06. The summed E-state index contributed by atoms with van der Waals surface area (Å²) in [5.74, 6) is -0.668. The molecule has 0 spiro atoms. The normalized spacial score (nSPS) is 25.1. The zero-order valence-corrected chi connectivity index (χ0v) is 16.4. The molecule has 0 aliphatic carbocycles. The Morgan fingerprint density at radius 2 is 2.10 bits per heavy atom. The van der Waals surface area contributed by atoms with Crippen molar-refractivity contribution in [3.8, 4) is 5.88 Å². The predicted molar refractivity (Wildman–Crippen MR) is 103 cm³/mol. The van der Waals surface area contributed by atoms with E-state index in [-0.39, 0.29) is 42.7 Å². The van der Waals surface area contributed by atoms with Crippen molar-refractivity contribution in [1.29, 1.82) is 0 Å². The molecule has 1 saturated heterocycles. The predicted octanol–water partition coefficient (Wildman–Crippen LogP) is 2.65. The average Bonchev–Trinajstić information content (AvgIpc) is 3.07. The summed E-state index contributed by atoms with van der Waals surface area (Å²) < 4.78 is 46.1. The number of halogens is 2. The molecular weight excluding hydrogens is 398 g/mol. The molecule has 1 fully saturated rings. The largest absolute Gasteiger partial charge is 0.478 e. The molecule has 0 saturated carbocycles. The average molecular weight is 418 g/mol. The van der Waals surface area contributed by atoms with Gasteiger partial charge in [-0.1, -0.05) is 0 Å². The molecule has 1 aromatic carbocycles. The Morgan fingerprint density at radius 3 is 2.83 bits per heavy atom. The Morgan fingerprint density at radius 1 is 1.27 bits per heavy atom. The van der Waals surface area contributed by atoms with Crippen molar-refractivity contribution in [2.45, 2.75) is 25.1 Å². The maximum atomic E-state index is 15.6. The fourth-order valence-electron chi connectivity index (χ4n) is 3.57. The lowest BCUT2D eigenvalue weighted by molar-refractivity contribution is 0.00964. The summed E-state index contributed by atoms with van der Waals surface area (Å²) in [4.78, 5) is 24.8. The van der Waals surface area contributed by atoms with E-state index in [1.165, 1.54) is 24.5 Å². The van der Waals surface area contributed by atoms with Gasteiger partial charge in [0.05, 0.1) is 32.2 Å². The van der Waals surface area contributed by atoms with Crippen LogP contribution in [0.2, 0.25) is 0 Å². The molecule has 8 nitrogen and oxygen atoms in total. The summed E-state index contributed by atoms with van der Waals surface area (Å²) in [6.07, 6.45) is 2.60. The SMILES string of the molecule is CCOc1cnc(C(=O)Nc2ccc(F)c([C@]34COC[C@@]3(F)COC(C)=N4)c2)cn1. The molecular formula is C20H20F2N4O4. The number of aromatic nitrogens is 2. The zero-order chi connectivity index (χ0) is 21.4. The monoisotopic (exact) mass is 418 g/mol. The molecule has 158 valence electrons. The standard InChI is InChI=1S/C20H20F2N4O4/c1-3-29-17-8-23-16(7-24-17)18(27)25-13-4-5-15(21)14(6-13)20-11-28-9-19(20,22)10-30-12(2)26-20/h4-8H,3,9-11H2,1-2H3,(H,25,27)/t19-,20-/m1/s1. The molecule has 3 heterocycles. The van der Waals surface area contributed by atoms with Gasteiger partial charge in [0, 0.05) is 18.2 Å². The second-order valence-corrected chi connectivity index (χ2v) is 7.06. The maximum absolute atomic E-state index is 15.6. The van der Waals surface area contributed by atoms with Crippen LogP contribution in [-0.4, -0.2) is 53.9 Å². The van der Waals surface area contributed by atoms with E-state index in [9.17, 15) is 9.18 Å². The highest BCUT2D eigenvalue weighted by molar-refractivity contribution is 6.02. The van der Waals surface area contributed by atoms with Crippen molar-refractivity contribution in [3.63, 3.8) is 0 Å². The number of alkyl halides is 1. The number of benzene rings is 1. The zero-order valence-electron chi connectivity index (χ0n) is 16.4. The second-order valence-electron chi connectivity index (χ2n) is 7.06. The minimum Gasteiger partial charge on any atom is -0.478 e. The Labute approximate surface area is 171 Å². The number of carbonyl (C=O) groups excluding carboxylic acids is 1. The number of ether oxygens (including phenoxy) is 3.